The Labute approximate surface area is 67.9 Å². The summed E-state index contributed by atoms with van der Waals surface area (Å²) in [5.41, 5.74) is 3.79. The summed E-state index contributed by atoms with van der Waals surface area (Å²) in [5.74, 6) is 0. The van der Waals surface area contributed by atoms with Crippen molar-refractivity contribution >= 4 is 28.1 Å². The average molecular weight is 181 g/mol. The van der Waals surface area contributed by atoms with Gasteiger partial charge in [0.2, 0.25) is 0 Å². The summed E-state index contributed by atoms with van der Waals surface area (Å²) in [4.78, 5) is 0. The highest BCUT2D eigenvalue weighted by Crippen LogP contribution is 2.25. The third kappa shape index (κ3) is 3.19. The zero-order valence-corrected chi connectivity index (χ0v) is 7.26. The van der Waals surface area contributed by atoms with E-state index in [0.717, 1.165) is 5.00 Å². The van der Waals surface area contributed by atoms with E-state index in [9.17, 15) is 0 Å². The molecule has 0 aromatic carbocycles. The molecule has 0 aliphatic rings. The summed E-state index contributed by atoms with van der Waals surface area (Å²) >= 11 is 3.51. The highest BCUT2D eigenvalue weighted by Gasteiger charge is 1.94. The molecule has 10 heavy (non-hydrogen) atoms. The molecular formula is C5H11NO2S2. The second-order valence-electron chi connectivity index (χ2n) is 1.42. The fourth-order valence-electron chi connectivity index (χ4n) is 0.468. The van der Waals surface area contributed by atoms with Crippen LogP contribution in [-0.2, 0) is 0 Å². The lowest BCUT2D eigenvalue weighted by Crippen LogP contribution is -2.38. The van der Waals surface area contributed by atoms with Crippen LogP contribution < -0.4 is 5.73 Å². The fourth-order valence-corrected chi connectivity index (χ4v) is 1.86. The lowest BCUT2D eigenvalue weighted by atomic mass is 10.6. The van der Waals surface area contributed by atoms with E-state index in [2.05, 4.69) is 18.1 Å². The molecule has 6 N–H and O–H groups in total. The second kappa shape index (κ2) is 5.70. The second-order valence-corrected chi connectivity index (χ2v) is 3.70. The first-order valence-corrected chi connectivity index (χ1v) is 4.33. The first-order valence-electron chi connectivity index (χ1n) is 2.28. The zero-order chi connectivity index (χ0) is 5.98. The molecule has 0 aliphatic heterocycles. The van der Waals surface area contributed by atoms with Gasteiger partial charge in [0.05, 0.1) is 4.21 Å². The minimum absolute atomic E-state index is 0. The van der Waals surface area contributed by atoms with Gasteiger partial charge in [-0.2, -0.15) is 0 Å². The number of thiophene rings is 1. The van der Waals surface area contributed by atoms with Crippen LogP contribution in [0.25, 0.3) is 0 Å². The number of hydrogen-bond donors (Lipinski definition) is 1. The van der Waals surface area contributed by atoms with Gasteiger partial charge in [0, 0.05) is 6.07 Å². The number of hydrogen-bond acceptors (Lipinski definition) is 3. The van der Waals surface area contributed by atoms with Crippen molar-refractivity contribution in [3.05, 3.63) is 12.1 Å². The predicted molar refractivity (Wildman–Crippen MR) is 44.2 cm³/mol. The van der Waals surface area contributed by atoms with E-state index in [1.807, 2.05) is 6.07 Å². The number of rotatable bonds is 1. The van der Waals surface area contributed by atoms with Gasteiger partial charge >= 0.3 is 0 Å². The van der Waals surface area contributed by atoms with Gasteiger partial charge in [-0.05, 0) is 12.3 Å². The maximum absolute atomic E-state index is 3.79. The Morgan fingerprint density at radius 1 is 1.50 bits per heavy atom. The highest BCUT2D eigenvalue weighted by molar-refractivity contribution is 8.00. The van der Waals surface area contributed by atoms with Gasteiger partial charge in [-0.15, -0.1) is 11.8 Å². The summed E-state index contributed by atoms with van der Waals surface area (Å²) in [7, 11) is 0. The molecular weight excluding hydrogens is 170 g/mol. The molecule has 0 spiro atoms. The summed E-state index contributed by atoms with van der Waals surface area (Å²) in [6.07, 6.45) is 2.07. The van der Waals surface area contributed by atoms with E-state index < -0.39 is 0 Å². The van der Waals surface area contributed by atoms with Crippen LogP contribution in [0.3, 0.4) is 0 Å². The quantitative estimate of drug-likeness (QED) is 0.633. The summed E-state index contributed by atoms with van der Waals surface area (Å²) in [5, 5.41) is 1.15. The molecule has 0 bridgehead atoms. The molecule has 0 atom stereocenters. The van der Waals surface area contributed by atoms with E-state index in [1.165, 1.54) is 4.21 Å². The smallest absolute Gasteiger partial charge is 0.184 e. The van der Waals surface area contributed by atoms with Crippen LogP contribution in [0.4, 0.5) is 5.00 Å². The SMILES string of the molecule is CSc1ccc([NH3+])s1.O.[OH-]. The Balaban J connectivity index is 0. The van der Waals surface area contributed by atoms with E-state index in [4.69, 9.17) is 0 Å². The Kier molecular flexibility index (Phi) is 7.17. The van der Waals surface area contributed by atoms with Crippen molar-refractivity contribution in [1.29, 1.82) is 0 Å². The van der Waals surface area contributed by atoms with Crippen LogP contribution in [0.1, 0.15) is 0 Å². The standard InChI is InChI=1S/C5H7NS2.2H2O/c1-7-5-3-2-4(6)8-5;;/h2-3H,6H2,1H3;2*1H2. The van der Waals surface area contributed by atoms with Gasteiger partial charge in [-0.25, -0.2) is 0 Å². The topological polar surface area (TPSA) is 89.1 Å². The molecule has 0 aliphatic carbocycles. The molecule has 0 saturated carbocycles. The van der Waals surface area contributed by atoms with Gasteiger partial charge in [0.25, 0.3) is 0 Å². The van der Waals surface area contributed by atoms with Crippen molar-refractivity contribution in [1.82, 2.24) is 0 Å². The van der Waals surface area contributed by atoms with Crippen molar-refractivity contribution in [3.63, 3.8) is 0 Å². The Hall–Kier alpha value is -0.0700. The molecule has 5 heteroatoms. The maximum atomic E-state index is 3.79. The van der Waals surface area contributed by atoms with E-state index in [-0.39, 0.29) is 11.0 Å². The zero-order valence-electron chi connectivity index (χ0n) is 5.63. The van der Waals surface area contributed by atoms with E-state index in [0.29, 0.717) is 0 Å². The van der Waals surface area contributed by atoms with Crippen molar-refractivity contribution in [2.75, 3.05) is 6.26 Å². The maximum Gasteiger partial charge on any atom is 0.184 e. The Bertz CT molecular complexity index is 178. The van der Waals surface area contributed by atoms with E-state index in [1.54, 1.807) is 23.1 Å². The fraction of sp³-hybridized carbons (Fsp3) is 0.200. The molecule has 1 aromatic heterocycles. The number of thioether (sulfide) groups is 1. The Morgan fingerprint density at radius 2 is 2.10 bits per heavy atom. The molecule has 1 heterocycles. The average Bonchev–Trinajstić information content (AvgIpc) is 2.14. The van der Waals surface area contributed by atoms with Gasteiger partial charge in [-0.3, -0.25) is 0 Å². The minimum Gasteiger partial charge on any atom is -0.870 e. The summed E-state index contributed by atoms with van der Waals surface area (Å²) in [6.45, 7) is 0. The third-order valence-corrected chi connectivity index (χ3v) is 2.86. The van der Waals surface area contributed by atoms with Crippen LogP contribution in [0.15, 0.2) is 16.3 Å². The third-order valence-electron chi connectivity index (χ3n) is 0.838. The van der Waals surface area contributed by atoms with Crippen molar-refractivity contribution in [2.45, 2.75) is 4.21 Å². The van der Waals surface area contributed by atoms with Crippen LogP contribution >= 0.6 is 23.1 Å². The number of quaternary nitrogens is 1. The molecule has 3 nitrogen and oxygen atoms in total. The molecule has 0 amide bonds. The normalized spacial score (nSPS) is 7.80. The molecule has 0 unspecified atom stereocenters. The first-order chi connectivity index (χ1) is 3.83. The van der Waals surface area contributed by atoms with Crippen LogP contribution in [0.2, 0.25) is 0 Å². The minimum atomic E-state index is 0. The van der Waals surface area contributed by atoms with Crippen molar-refractivity contribution < 1.29 is 16.7 Å². The van der Waals surface area contributed by atoms with Crippen LogP contribution in [0, 0.1) is 0 Å². The van der Waals surface area contributed by atoms with Crippen LogP contribution in [-0.4, -0.2) is 17.2 Å². The van der Waals surface area contributed by atoms with Gasteiger partial charge in [-0.1, -0.05) is 11.3 Å². The van der Waals surface area contributed by atoms with Gasteiger partial charge in [0.15, 0.2) is 5.00 Å². The van der Waals surface area contributed by atoms with Gasteiger partial charge < -0.3 is 16.7 Å². The van der Waals surface area contributed by atoms with Gasteiger partial charge in [0.1, 0.15) is 0 Å². The molecule has 60 valence electrons. The summed E-state index contributed by atoms with van der Waals surface area (Å²) in [6, 6.07) is 4.13. The van der Waals surface area contributed by atoms with Crippen molar-refractivity contribution in [2.24, 2.45) is 0 Å². The van der Waals surface area contributed by atoms with Crippen LogP contribution in [0.5, 0.6) is 0 Å². The molecule has 0 fully saturated rings. The predicted octanol–water partition coefficient (Wildman–Crippen LogP) is 0.342. The molecule has 1 aromatic rings. The largest absolute Gasteiger partial charge is 0.870 e. The monoisotopic (exact) mass is 181 g/mol. The molecule has 1 rings (SSSR count). The highest BCUT2D eigenvalue weighted by atomic mass is 32.2. The Morgan fingerprint density at radius 3 is 2.30 bits per heavy atom. The van der Waals surface area contributed by atoms with Crippen molar-refractivity contribution in [3.8, 4) is 0 Å². The van der Waals surface area contributed by atoms with E-state index >= 15 is 0 Å². The molecule has 0 saturated heterocycles. The lowest BCUT2D eigenvalue weighted by molar-refractivity contribution is -0.248. The lowest BCUT2D eigenvalue weighted by Gasteiger charge is -1.78. The summed E-state index contributed by atoms with van der Waals surface area (Å²) < 4.78 is 1.34. The first kappa shape index (κ1) is 12.6. The molecule has 0 radical (unpaired) electrons.